The molecule has 0 N–H and O–H groups in total. The minimum atomic E-state index is -0.596. The average Bonchev–Trinajstić information content (AvgIpc) is 3.51. The molecular weight excluding hydrogens is 523 g/mol. The fourth-order valence-corrected chi connectivity index (χ4v) is 5.15. The summed E-state index contributed by atoms with van der Waals surface area (Å²) in [7, 11) is 0. The molecule has 0 aliphatic carbocycles. The van der Waals surface area contributed by atoms with Gasteiger partial charge in [-0.05, 0) is 54.6 Å². The lowest BCUT2D eigenvalue weighted by Gasteiger charge is -2.16. The van der Waals surface area contributed by atoms with Gasteiger partial charge in [0.1, 0.15) is 17.7 Å². The molecule has 3 amide bonds. The van der Waals surface area contributed by atoms with Crippen LogP contribution in [0.1, 0.15) is 28.8 Å². The number of nitrogens with zero attached hydrogens (tertiary/aromatic N) is 4. The highest BCUT2D eigenvalue weighted by Gasteiger charge is 2.30. The number of hydrazone groups is 1. The first-order chi connectivity index (χ1) is 18.9. The largest absolute Gasteiger partial charge is 0.463 e. The van der Waals surface area contributed by atoms with Gasteiger partial charge in [-0.25, -0.2) is 9.37 Å². The number of thiazole rings is 1. The van der Waals surface area contributed by atoms with Crippen molar-refractivity contribution in [2.24, 2.45) is 5.10 Å². The number of hydrogen-bond donors (Lipinski definition) is 0. The summed E-state index contributed by atoms with van der Waals surface area (Å²) in [5, 5.41) is 5.80. The molecule has 0 bridgehead atoms. The van der Waals surface area contributed by atoms with Crippen molar-refractivity contribution in [1.29, 1.82) is 0 Å². The van der Waals surface area contributed by atoms with Crippen LogP contribution >= 0.6 is 11.3 Å². The summed E-state index contributed by atoms with van der Waals surface area (Å²) in [6.07, 6.45) is 2.74. The van der Waals surface area contributed by atoms with Crippen molar-refractivity contribution in [3.63, 3.8) is 0 Å². The van der Waals surface area contributed by atoms with Gasteiger partial charge in [-0.1, -0.05) is 23.5 Å². The van der Waals surface area contributed by atoms with E-state index < -0.39 is 11.7 Å². The van der Waals surface area contributed by atoms with Crippen molar-refractivity contribution in [3.8, 4) is 0 Å². The summed E-state index contributed by atoms with van der Waals surface area (Å²) >= 11 is 1.05. The first-order valence-electron chi connectivity index (χ1n) is 11.8. The van der Waals surface area contributed by atoms with E-state index in [1.54, 1.807) is 24.3 Å². The van der Waals surface area contributed by atoms with Crippen LogP contribution in [0.3, 0.4) is 0 Å². The summed E-state index contributed by atoms with van der Waals surface area (Å²) in [5.74, 6) is -1.65. The van der Waals surface area contributed by atoms with Crippen LogP contribution in [-0.4, -0.2) is 28.9 Å². The maximum atomic E-state index is 13.8. The summed E-state index contributed by atoms with van der Waals surface area (Å²) in [6.45, 7) is 0. The number of carbonyl (C=O) groups is 3. The quantitative estimate of drug-likeness (QED) is 0.178. The maximum Gasteiger partial charge on any atom is 0.280 e. The van der Waals surface area contributed by atoms with E-state index in [1.165, 1.54) is 54.9 Å². The molecule has 1 aliphatic rings. The third-order valence-corrected chi connectivity index (χ3v) is 7.15. The Hall–Kier alpha value is -5.03. The summed E-state index contributed by atoms with van der Waals surface area (Å²) in [5.41, 5.74) is 1.21. The SMILES string of the molecule is O=C(c1ccc(N2C(=O)CCC2=O)cc1)N(/N=C/c1coc2ccccc2c1=O)c1nc2ccc(F)cc2s1. The van der Waals surface area contributed by atoms with Crippen molar-refractivity contribution in [3.05, 3.63) is 100 Å². The Morgan fingerprint density at radius 1 is 1.03 bits per heavy atom. The molecular formula is C28H17FN4O5S. The number of carbonyl (C=O) groups excluding carboxylic acids is 3. The van der Waals surface area contributed by atoms with Crippen molar-refractivity contribution in [2.75, 3.05) is 9.91 Å². The van der Waals surface area contributed by atoms with Gasteiger partial charge in [0.15, 0.2) is 0 Å². The number of benzene rings is 3. The first kappa shape index (κ1) is 24.3. The van der Waals surface area contributed by atoms with Gasteiger partial charge in [-0.2, -0.15) is 10.1 Å². The molecule has 6 rings (SSSR count). The molecule has 0 saturated carbocycles. The highest BCUT2D eigenvalue weighted by atomic mass is 32.1. The summed E-state index contributed by atoms with van der Waals surface area (Å²) < 4.78 is 19.8. The molecule has 9 nitrogen and oxygen atoms in total. The molecule has 5 aromatic rings. The minimum absolute atomic E-state index is 0.111. The molecule has 39 heavy (non-hydrogen) atoms. The molecule has 0 spiro atoms. The van der Waals surface area contributed by atoms with Gasteiger partial charge in [-0.3, -0.25) is 24.1 Å². The summed E-state index contributed by atoms with van der Waals surface area (Å²) in [4.78, 5) is 56.2. The van der Waals surface area contributed by atoms with Crippen LogP contribution in [0, 0.1) is 5.82 Å². The van der Waals surface area contributed by atoms with E-state index in [9.17, 15) is 23.6 Å². The number of rotatable bonds is 5. The fraction of sp³-hybridized carbons (Fsp3) is 0.0714. The molecule has 1 aliphatic heterocycles. The van der Waals surface area contributed by atoms with Crippen LogP contribution < -0.4 is 15.3 Å². The molecule has 192 valence electrons. The van der Waals surface area contributed by atoms with Crippen molar-refractivity contribution < 1.29 is 23.2 Å². The molecule has 3 heterocycles. The maximum absolute atomic E-state index is 13.8. The van der Waals surface area contributed by atoms with Crippen molar-refractivity contribution in [1.82, 2.24) is 4.98 Å². The highest BCUT2D eigenvalue weighted by Crippen LogP contribution is 2.31. The number of para-hydroxylation sites is 1. The van der Waals surface area contributed by atoms with E-state index in [2.05, 4.69) is 10.1 Å². The Kier molecular flexibility index (Phi) is 6.04. The Balaban J connectivity index is 1.39. The third kappa shape index (κ3) is 4.48. The van der Waals surface area contributed by atoms with Gasteiger partial charge in [0, 0.05) is 18.4 Å². The standard InChI is InChI=1S/C28H17FN4O5S/c29-18-7-10-21-23(13-18)39-28(31-21)33(30-14-17-15-38-22-4-2-1-3-20(22)26(17)36)27(37)16-5-8-19(9-6-16)32-24(34)11-12-25(32)35/h1-10,13-15H,11-12H2/b30-14+. The third-order valence-electron chi connectivity index (χ3n) is 6.16. The Morgan fingerprint density at radius 2 is 1.77 bits per heavy atom. The van der Waals surface area contributed by atoms with Gasteiger partial charge in [-0.15, -0.1) is 0 Å². The molecule has 1 saturated heterocycles. The smallest absolute Gasteiger partial charge is 0.280 e. The van der Waals surface area contributed by atoms with Crippen LogP contribution in [0.5, 0.6) is 0 Å². The second-order valence-corrected chi connectivity index (χ2v) is 9.67. The second-order valence-electron chi connectivity index (χ2n) is 8.66. The monoisotopic (exact) mass is 540 g/mol. The van der Waals surface area contributed by atoms with Crippen LogP contribution in [0.25, 0.3) is 21.2 Å². The van der Waals surface area contributed by atoms with E-state index in [-0.39, 0.29) is 46.3 Å². The number of fused-ring (bicyclic) bond motifs is 2. The Morgan fingerprint density at radius 3 is 2.54 bits per heavy atom. The van der Waals surface area contributed by atoms with Crippen LogP contribution in [0.2, 0.25) is 0 Å². The van der Waals surface area contributed by atoms with Gasteiger partial charge < -0.3 is 4.42 Å². The zero-order valence-corrected chi connectivity index (χ0v) is 20.9. The zero-order chi connectivity index (χ0) is 27.1. The van der Waals surface area contributed by atoms with Crippen LogP contribution in [0.4, 0.5) is 15.2 Å². The van der Waals surface area contributed by atoms with E-state index in [1.807, 2.05) is 0 Å². The van der Waals surface area contributed by atoms with Crippen molar-refractivity contribution >= 4 is 67.3 Å². The van der Waals surface area contributed by atoms with Gasteiger partial charge in [0.2, 0.25) is 22.4 Å². The van der Waals surface area contributed by atoms with E-state index in [0.29, 0.717) is 26.9 Å². The first-order valence-corrected chi connectivity index (χ1v) is 12.6. The molecule has 1 fully saturated rings. The topological polar surface area (TPSA) is 113 Å². The zero-order valence-electron chi connectivity index (χ0n) is 20.0. The molecule has 0 radical (unpaired) electrons. The lowest BCUT2D eigenvalue weighted by molar-refractivity contribution is -0.121. The number of halogens is 1. The van der Waals surface area contributed by atoms with Gasteiger partial charge in [0.25, 0.3) is 5.91 Å². The predicted molar refractivity (Wildman–Crippen MR) is 145 cm³/mol. The number of imide groups is 1. The minimum Gasteiger partial charge on any atom is -0.463 e. The Bertz CT molecular complexity index is 1860. The highest BCUT2D eigenvalue weighted by molar-refractivity contribution is 7.22. The Labute approximate surface area is 223 Å². The van der Waals surface area contributed by atoms with E-state index in [4.69, 9.17) is 4.42 Å². The number of amides is 3. The second kappa shape index (κ2) is 9.69. The lowest BCUT2D eigenvalue weighted by Crippen LogP contribution is -2.29. The van der Waals surface area contributed by atoms with E-state index in [0.717, 1.165) is 21.2 Å². The van der Waals surface area contributed by atoms with Gasteiger partial charge >= 0.3 is 0 Å². The number of aromatic nitrogens is 1. The summed E-state index contributed by atoms with van der Waals surface area (Å²) in [6, 6.07) is 16.8. The number of hydrogen-bond acceptors (Lipinski definition) is 8. The molecule has 3 aromatic carbocycles. The lowest BCUT2D eigenvalue weighted by atomic mass is 10.2. The van der Waals surface area contributed by atoms with Crippen LogP contribution in [0.15, 0.2) is 87.3 Å². The van der Waals surface area contributed by atoms with Crippen LogP contribution in [-0.2, 0) is 9.59 Å². The molecule has 0 atom stereocenters. The normalized spacial score (nSPS) is 13.7. The average molecular weight is 541 g/mol. The number of anilines is 2. The molecule has 11 heteroatoms. The predicted octanol–water partition coefficient (Wildman–Crippen LogP) is 4.88. The van der Waals surface area contributed by atoms with Crippen molar-refractivity contribution in [2.45, 2.75) is 12.8 Å². The molecule has 0 unspecified atom stereocenters. The van der Waals surface area contributed by atoms with E-state index >= 15 is 0 Å². The molecule has 2 aromatic heterocycles. The fourth-order valence-electron chi connectivity index (χ4n) is 4.21. The van der Waals surface area contributed by atoms with Gasteiger partial charge in [0.05, 0.1) is 33.1 Å².